The van der Waals surface area contributed by atoms with E-state index in [9.17, 15) is 8.42 Å². The molecule has 112 valence electrons. The third-order valence-electron chi connectivity index (χ3n) is 2.80. The van der Waals surface area contributed by atoms with Crippen molar-refractivity contribution in [3.05, 3.63) is 53.1 Å². The molecule has 0 spiro atoms. The number of rotatable bonds is 5. The molecule has 0 fully saturated rings. The average molecular weight is 328 g/mol. The van der Waals surface area contributed by atoms with Crippen molar-refractivity contribution < 1.29 is 18.3 Å². The first kappa shape index (κ1) is 15.6. The Labute approximate surface area is 128 Å². The van der Waals surface area contributed by atoms with Crippen LogP contribution in [0.2, 0.25) is 5.02 Å². The summed E-state index contributed by atoms with van der Waals surface area (Å²) in [7, 11) is -2.31. The van der Waals surface area contributed by atoms with Gasteiger partial charge in [0, 0.05) is 5.69 Å². The lowest BCUT2D eigenvalue weighted by Crippen LogP contribution is -2.13. The van der Waals surface area contributed by atoms with Crippen LogP contribution >= 0.6 is 11.6 Å². The Morgan fingerprint density at radius 2 is 2.00 bits per heavy atom. The predicted octanol–water partition coefficient (Wildman–Crippen LogP) is 2.64. The number of halogens is 1. The van der Waals surface area contributed by atoms with Crippen molar-refractivity contribution in [2.24, 2.45) is 0 Å². The zero-order chi connectivity index (χ0) is 15.5. The van der Waals surface area contributed by atoms with Gasteiger partial charge in [-0.15, -0.1) is 0 Å². The van der Waals surface area contributed by atoms with E-state index < -0.39 is 10.0 Å². The molecule has 7 heteroatoms. The third-order valence-corrected chi connectivity index (χ3v) is 4.47. The molecule has 0 radical (unpaired) electrons. The molecule has 2 aromatic rings. The zero-order valence-corrected chi connectivity index (χ0v) is 12.8. The Hall–Kier alpha value is -1.76. The molecule has 0 aliphatic heterocycles. The van der Waals surface area contributed by atoms with Crippen LogP contribution in [0.15, 0.2) is 47.4 Å². The molecule has 0 amide bonds. The highest BCUT2D eigenvalue weighted by Crippen LogP contribution is 2.27. The first-order valence-corrected chi connectivity index (χ1v) is 7.88. The molecule has 0 aliphatic carbocycles. The normalized spacial score (nSPS) is 11.2. The zero-order valence-electron chi connectivity index (χ0n) is 11.2. The van der Waals surface area contributed by atoms with Gasteiger partial charge in [0.1, 0.15) is 5.75 Å². The minimum atomic E-state index is -3.76. The van der Waals surface area contributed by atoms with E-state index in [0.717, 1.165) is 0 Å². The molecule has 2 rings (SSSR count). The third kappa shape index (κ3) is 3.66. The molecule has 0 bridgehead atoms. The van der Waals surface area contributed by atoms with Gasteiger partial charge in [-0.1, -0.05) is 23.7 Å². The molecule has 2 N–H and O–H groups in total. The second kappa shape index (κ2) is 6.34. The lowest BCUT2D eigenvalue weighted by molar-refractivity contribution is 0.282. The van der Waals surface area contributed by atoms with Crippen molar-refractivity contribution in [1.82, 2.24) is 0 Å². The standard InChI is InChI=1S/C14H14ClNO4S/c1-20-14-6-5-12(8-13(14)15)21(18,19)16-11-4-2-3-10(7-11)9-17/h2-8,16-17H,9H2,1H3. The van der Waals surface area contributed by atoms with Gasteiger partial charge >= 0.3 is 0 Å². The Balaban J connectivity index is 2.31. The van der Waals surface area contributed by atoms with Crippen LogP contribution in [0.5, 0.6) is 5.75 Å². The summed E-state index contributed by atoms with van der Waals surface area (Å²) in [5.74, 6) is 0.401. The van der Waals surface area contributed by atoms with Crippen molar-refractivity contribution >= 4 is 27.3 Å². The van der Waals surface area contributed by atoms with Crippen molar-refractivity contribution in [3.8, 4) is 5.75 Å². The van der Waals surface area contributed by atoms with Crippen molar-refractivity contribution in [1.29, 1.82) is 0 Å². The van der Waals surface area contributed by atoms with E-state index >= 15 is 0 Å². The van der Waals surface area contributed by atoms with Crippen LogP contribution in [0.4, 0.5) is 5.69 Å². The summed E-state index contributed by atoms with van der Waals surface area (Å²) in [5.41, 5.74) is 0.983. The number of methoxy groups -OCH3 is 1. The highest BCUT2D eigenvalue weighted by atomic mass is 35.5. The maximum Gasteiger partial charge on any atom is 0.261 e. The highest BCUT2D eigenvalue weighted by molar-refractivity contribution is 7.92. The van der Waals surface area contributed by atoms with Crippen LogP contribution in [0.1, 0.15) is 5.56 Å². The minimum absolute atomic E-state index is 0.0303. The molecule has 0 aromatic heterocycles. The fourth-order valence-electron chi connectivity index (χ4n) is 1.76. The smallest absolute Gasteiger partial charge is 0.261 e. The molecular weight excluding hydrogens is 314 g/mol. The summed E-state index contributed by atoms with van der Waals surface area (Å²) in [4.78, 5) is 0.0303. The Morgan fingerprint density at radius 3 is 2.62 bits per heavy atom. The van der Waals surface area contributed by atoms with E-state index in [-0.39, 0.29) is 16.5 Å². The maximum absolute atomic E-state index is 12.3. The molecule has 0 saturated heterocycles. The second-order valence-corrected chi connectivity index (χ2v) is 6.35. The first-order valence-electron chi connectivity index (χ1n) is 6.02. The lowest BCUT2D eigenvalue weighted by atomic mass is 10.2. The molecule has 21 heavy (non-hydrogen) atoms. The fraction of sp³-hybridized carbons (Fsp3) is 0.143. The number of hydrogen-bond donors (Lipinski definition) is 2. The fourth-order valence-corrected chi connectivity index (χ4v) is 3.16. The van der Waals surface area contributed by atoms with E-state index in [1.807, 2.05) is 0 Å². The second-order valence-electron chi connectivity index (χ2n) is 4.26. The number of sulfonamides is 1. The predicted molar refractivity (Wildman–Crippen MR) is 81.2 cm³/mol. The summed E-state index contributed by atoms with van der Waals surface area (Å²) >= 11 is 5.94. The highest BCUT2D eigenvalue weighted by Gasteiger charge is 2.16. The van der Waals surface area contributed by atoms with E-state index in [2.05, 4.69) is 4.72 Å². The van der Waals surface area contributed by atoms with Crippen molar-refractivity contribution in [3.63, 3.8) is 0 Å². The van der Waals surface area contributed by atoms with E-state index in [4.69, 9.17) is 21.4 Å². The monoisotopic (exact) mass is 327 g/mol. The van der Waals surface area contributed by atoms with Gasteiger partial charge in [0.2, 0.25) is 0 Å². The SMILES string of the molecule is COc1ccc(S(=O)(=O)Nc2cccc(CO)c2)cc1Cl. The number of benzene rings is 2. The molecule has 0 heterocycles. The number of ether oxygens (including phenoxy) is 1. The molecule has 0 aliphatic rings. The first-order chi connectivity index (χ1) is 9.96. The number of hydrogen-bond acceptors (Lipinski definition) is 4. The van der Waals surface area contributed by atoms with Gasteiger partial charge in [-0.3, -0.25) is 4.72 Å². The number of nitrogens with one attached hydrogen (secondary N) is 1. The van der Waals surface area contributed by atoms with E-state index in [1.165, 1.54) is 25.3 Å². The quantitative estimate of drug-likeness (QED) is 0.885. The summed E-state index contributed by atoms with van der Waals surface area (Å²) in [6.07, 6.45) is 0. The van der Waals surface area contributed by atoms with E-state index in [1.54, 1.807) is 24.3 Å². The maximum atomic E-state index is 12.3. The summed E-state index contributed by atoms with van der Waals surface area (Å²) in [6.45, 7) is -0.163. The average Bonchev–Trinajstić information content (AvgIpc) is 2.47. The van der Waals surface area contributed by atoms with Crippen molar-refractivity contribution in [2.45, 2.75) is 11.5 Å². The van der Waals surface area contributed by atoms with Crippen LogP contribution in [-0.2, 0) is 16.6 Å². The number of aliphatic hydroxyl groups is 1. The summed E-state index contributed by atoms with van der Waals surface area (Å²) in [5, 5.41) is 9.28. The van der Waals surface area contributed by atoms with Gasteiger partial charge in [0.05, 0.1) is 23.6 Å². The van der Waals surface area contributed by atoms with Gasteiger partial charge in [-0.05, 0) is 35.9 Å². The Bertz CT molecular complexity index is 746. The van der Waals surface area contributed by atoms with Crippen LogP contribution in [-0.4, -0.2) is 20.6 Å². The van der Waals surface area contributed by atoms with Crippen LogP contribution in [0.25, 0.3) is 0 Å². The van der Waals surface area contributed by atoms with Gasteiger partial charge in [0.15, 0.2) is 0 Å². The molecular formula is C14H14ClNO4S. The topological polar surface area (TPSA) is 75.6 Å². The van der Waals surface area contributed by atoms with Gasteiger partial charge in [0.25, 0.3) is 10.0 Å². The van der Waals surface area contributed by atoms with Gasteiger partial charge in [-0.25, -0.2) is 8.42 Å². The largest absolute Gasteiger partial charge is 0.495 e. The van der Waals surface area contributed by atoms with Crippen LogP contribution < -0.4 is 9.46 Å². The number of anilines is 1. The molecule has 2 aromatic carbocycles. The van der Waals surface area contributed by atoms with Gasteiger partial charge < -0.3 is 9.84 Å². The van der Waals surface area contributed by atoms with Gasteiger partial charge in [-0.2, -0.15) is 0 Å². The lowest BCUT2D eigenvalue weighted by Gasteiger charge is -2.10. The molecule has 0 unspecified atom stereocenters. The Morgan fingerprint density at radius 1 is 1.24 bits per heavy atom. The van der Waals surface area contributed by atoms with Crippen LogP contribution in [0, 0.1) is 0 Å². The minimum Gasteiger partial charge on any atom is -0.495 e. The molecule has 5 nitrogen and oxygen atoms in total. The molecule has 0 saturated carbocycles. The number of aliphatic hydroxyl groups excluding tert-OH is 1. The van der Waals surface area contributed by atoms with Crippen molar-refractivity contribution in [2.75, 3.05) is 11.8 Å². The van der Waals surface area contributed by atoms with E-state index in [0.29, 0.717) is 17.0 Å². The van der Waals surface area contributed by atoms with Crippen LogP contribution in [0.3, 0.4) is 0 Å². The Kier molecular flexibility index (Phi) is 4.72. The summed E-state index contributed by atoms with van der Waals surface area (Å²) in [6, 6.07) is 10.7. The summed E-state index contributed by atoms with van der Waals surface area (Å²) < 4.78 is 32.0. The molecule has 0 atom stereocenters.